The molecule has 0 atom stereocenters. The Labute approximate surface area is 83.3 Å². The van der Waals surface area contributed by atoms with Gasteiger partial charge in [-0.3, -0.25) is 0 Å². The Morgan fingerprint density at radius 1 is 1.14 bits per heavy atom. The second-order valence-electron chi connectivity index (χ2n) is 3.26. The van der Waals surface area contributed by atoms with Crippen molar-refractivity contribution in [2.75, 3.05) is 0 Å². The van der Waals surface area contributed by atoms with Crippen LogP contribution >= 0.6 is 0 Å². The van der Waals surface area contributed by atoms with Crippen molar-refractivity contribution in [3.63, 3.8) is 0 Å². The molecule has 0 saturated carbocycles. The third-order valence-electron chi connectivity index (χ3n) is 2.24. The zero-order chi connectivity index (χ0) is 9.97. The van der Waals surface area contributed by atoms with Crippen LogP contribution in [0.2, 0.25) is 0 Å². The Morgan fingerprint density at radius 2 is 2.00 bits per heavy atom. The van der Waals surface area contributed by atoms with Crippen molar-refractivity contribution < 1.29 is 5.11 Å². The lowest BCUT2D eigenvalue weighted by Crippen LogP contribution is -1.76. The van der Waals surface area contributed by atoms with Gasteiger partial charge in [-0.15, -0.1) is 0 Å². The summed E-state index contributed by atoms with van der Waals surface area (Å²) in [7, 11) is 0. The summed E-state index contributed by atoms with van der Waals surface area (Å²) in [5.74, 6) is 0.342. The maximum atomic E-state index is 9.57. The summed E-state index contributed by atoms with van der Waals surface area (Å²) in [5, 5.41) is 11.5. The number of phenols is 1. The molecule has 70 valence electrons. The first kappa shape index (κ1) is 8.82. The molecule has 0 bridgehead atoms. The summed E-state index contributed by atoms with van der Waals surface area (Å²) < 4.78 is 0. The van der Waals surface area contributed by atoms with Gasteiger partial charge in [0.05, 0.1) is 0 Å². The van der Waals surface area contributed by atoms with Gasteiger partial charge < -0.3 is 5.11 Å². The van der Waals surface area contributed by atoms with Gasteiger partial charge in [0.2, 0.25) is 0 Å². The largest absolute Gasteiger partial charge is 0.507 e. The van der Waals surface area contributed by atoms with E-state index in [0.717, 1.165) is 16.3 Å². The maximum absolute atomic E-state index is 9.57. The van der Waals surface area contributed by atoms with Gasteiger partial charge >= 0.3 is 0 Å². The molecule has 14 heavy (non-hydrogen) atoms. The highest BCUT2D eigenvalue weighted by molar-refractivity contribution is 5.89. The predicted molar refractivity (Wildman–Crippen MR) is 60.3 cm³/mol. The van der Waals surface area contributed by atoms with Crippen molar-refractivity contribution in [3.8, 4) is 5.75 Å². The van der Waals surface area contributed by atoms with E-state index in [-0.39, 0.29) is 0 Å². The molecular formula is C13H12O. The molecule has 1 nitrogen and oxygen atoms in total. The highest BCUT2D eigenvalue weighted by atomic mass is 16.3. The molecule has 0 heterocycles. The van der Waals surface area contributed by atoms with E-state index in [9.17, 15) is 5.11 Å². The van der Waals surface area contributed by atoms with Crippen molar-refractivity contribution in [2.45, 2.75) is 6.92 Å². The molecule has 0 amide bonds. The van der Waals surface area contributed by atoms with Crippen LogP contribution in [0.3, 0.4) is 0 Å². The van der Waals surface area contributed by atoms with Gasteiger partial charge in [-0.25, -0.2) is 0 Å². The minimum absolute atomic E-state index is 0.342. The van der Waals surface area contributed by atoms with Crippen LogP contribution in [0, 0.1) is 0 Å². The van der Waals surface area contributed by atoms with E-state index in [2.05, 4.69) is 6.07 Å². The average Bonchev–Trinajstić information content (AvgIpc) is 2.18. The number of hydrogen-bond acceptors (Lipinski definition) is 1. The first-order valence-corrected chi connectivity index (χ1v) is 4.66. The van der Waals surface area contributed by atoms with Crippen LogP contribution in [-0.2, 0) is 0 Å². The standard InChI is InChI=1S/C13H12O/c1-2-4-10-7-8-12-11(9-10)5-3-6-13(12)14/h2-9,14H,1H3. The molecule has 0 radical (unpaired) electrons. The monoisotopic (exact) mass is 184 g/mol. The van der Waals surface area contributed by atoms with E-state index >= 15 is 0 Å². The van der Waals surface area contributed by atoms with Crippen molar-refractivity contribution in [2.24, 2.45) is 0 Å². The smallest absolute Gasteiger partial charge is 0.123 e. The number of phenolic OH excluding ortho intramolecular Hbond substituents is 1. The molecule has 0 aromatic heterocycles. The number of benzene rings is 2. The van der Waals surface area contributed by atoms with Crippen molar-refractivity contribution in [3.05, 3.63) is 48.0 Å². The first-order chi connectivity index (χ1) is 6.81. The van der Waals surface area contributed by atoms with Crippen molar-refractivity contribution in [1.29, 1.82) is 0 Å². The fourth-order valence-corrected chi connectivity index (χ4v) is 1.58. The fourth-order valence-electron chi connectivity index (χ4n) is 1.58. The van der Waals surface area contributed by atoms with E-state index in [1.165, 1.54) is 0 Å². The van der Waals surface area contributed by atoms with Crippen LogP contribution in [-0.4, -0.2) is 5.11 Å². The van der Waals surface area contributed by atoms with Crippen LogP contribution in [0.15, 0.2) is 42.5 Å². The number of rotatable bonds is 1. The maximum Gasteiger partial charge on any atom is 0.123 e. The first-order valence-electron chi connectivity index (χ1n) is 4.66. The lowest BCUT2D eigenvalue weighted by atomic mass is 10.1. The molecule has 0 spiro atoms. The summed E-state index contributed by atoms with van der Waals surface area (Å²) in [4.78, 5) is 0. The third-order valence-corrected chi connectivity index (χ3v) is 2.24. The Morgan fingerprint density at radius 3 is 2.79 bits per heavy atom. The average molecular weight is 184 g/mol. The summed E-state index contributed by atoms with van der Waals surface area (Å²) in [5.41, 5.74) is 1.16. The molecule has 1 N–H and O–H groups in total. The summed E-state index contributed by atoms with van der Waals surface area (Å²) in [6.45, 7) is 1.99. The zero-order valence-corrected chi connectivity index (χ0v) is 8.07. The minimum atomic E-state index is 0.342. The number of allylic oxidation sites excluding steroid dienone is 1. The molecule has 0 aliphatic carbocycles. The number of hydrogen-bond donors (Lipinski definition) is 1. The highest BCUT2D eigenvalue weighted by Crippen LogP contribution is 2.25. The Bertz CT molecular complexity index is 484. The SMILES string of the molecule is CC=Cc1ccc2c(O)cccc2c1. The number of aromatic hydroxyl groups is 1. The van der Waals surface area contributed by atoms with E-state index in [0.29, 0.717) is 5.75 Å². The zero-order valence-electron chi connectivity index (χ0n) is 8.07. The Kier molecular flexibility index (Phi) is 2.23. The molecular weight excluding hydrogens is 172 g/mol. The molecule has 0 unspecified atom stereocenters. The second kappa shape index (κ2) is 3.54. The van der Waals surface area contributed by atoms with E-state index in [4.69, 9.17) is 0 Å². The van der Waals surface area contributed by atoms with E-state index < -0.39 is 0 Å². The van der Waals surface area contributed by atoms with Gasteiger partial charge in [-0.2, -0.15) is 0 Å². The Hall–Kier alpha value is -1.76. The summed E-state index contributed by atoms with van der Waals surface area (Å²) >= 11 is 0. The molecule has 0 aliphatic heterocycles. The van der Waals surface area contributed by atoms with Crippen molar-refractivity contribution in [1.82, 2.24) is 0 Å². The molecule has 0 fully saturated rings. The topological polar surface area (TPSA) is 20.2 Å². The highest BCUT2D eigenvalue weighted by Gasteiger charge is 1.98. The van der Waals surface area contributed by atoms with E-state index in [1.54, 1.807) is 6.07 Å². The van der Waals surface area contributed by atoms with Crippen LogP contribution in [0.25, 0.3) is 16.8 Å². The lowest BCUT2D eigenvalue weighted by molar-refractivity contribution is 0.481. The van der Waals surface area contributed by atoms with Gasteiger partial charge in [0.1, 0.15) is 5.75 Å². The number of fused-ring (bicyclic) bond motifs is 1. The van der Waals surface area contributed by atoms with Gasteiger partial charge in [0, 0.05) is 5.39 Å². The molecule has 2 rings (SSSR count). The van der Waals surface area contributed by atoms with Gasteiger partial charge in [-0.1, -0.05) is 36.4 Å². The summed E-state index contributed by atoms with van der Waals surface area (Å²) in [6.07, 6.45) is 4.05. The normalized spacial score (nSPS) is 11.2. The molecule has 2 aromatic rings. The quantitative estimate of drug-likeness (QED) is 0.718. The van der Waals surface area contributed by atoms with Crippen LogP contribution < -0.4 is 0 Å². The molecule has 1 heteroatoms. The van der Waals surface area contributed by atoms with Crippen LogP contribution in [0.5, 0.6) is 5.75 Å². The van der Waals surface area contributed by atoms with Crippen LogP contribution in [0.1, 0.15) is 12.5 Å². The van der Waals surface area contributed by atoms with Crippen molar-refractivity contribution >= 4 is 16.8 Å². The third kappa shape index (κ3) is 1.49. The Balaban J connectivity index is 2.67. The molecule has 2 aromatic carbocycles. The lowest BCUT2D eigenvalue weighted by Gasteiger charge is -2.01. The second-order valence-corrected chi connectivity index (χ2v) is 3.26. The van der Waals surface area contributed by atoms with E-state index in [1.807, 2.05) is 43.3 Å². The molecule has 0 saturated heterocycles. The van der Waals surface area contributed by atoms with Gasteiger partial charge in [-0.05, 0) is 30.0 Å². The summed E-state index contributed by atoms with van der Waals surface area (Å²) in [6, 6.07) is 11.6. The van der Waals surface area contributed by atoms with Gasteiger partial charge in [0.25, 0.3) is 0 Å². The van der Waals surface area contributed by atoms with Crippen LogP contribution in [0.4, 0.5) is 0 Å². The van der Waals surface area contributed by atoms with Gasteiger partial charge in [0.15, 0.2) is 0 Å². The fraction of sp³-hybridized carbons (Fsp3) is 0.0769. The predicted octanol–water partition coefficient (Wildman–Crippen LogP) is 3.58. The molecule has 0 aliphatic rings. The minimum Gasteiger partial charge on any atom is -0.507 e.